The second-order valence-corrected chi connectivity index (χ2v) is 7.28. The van der Waals surface area contributed by atoms with Gasteiger partial charge >= 0.3 is 0 Å². The van der Waals surface area contributed by atoms with Crippen molar-refractivity contribution < 1.29 is 23.8 Å². The van der Waals surface area contributed by atoms with E-state index in [1.807, 2.05) is 0 Å². The van der Waals surface area contributed by atoms with Crippen LogP contribution in [0.25, 0.3) is 0 Å². The molecule has 152 valence electrons. The summed E-state index contributed by atoms with van der Waals surface area (Å²) >= 11 is 0. The number of carbonyl (C=O) groups is 2. The second-order valence-electron chi connectivity index (χ2n) is 7.28. The first-order chi connectivity index (χ1) is 14.1. The first-order valence-corrected chi connectivity index (χ1v) is 9.64. The Bertz CT molecular complexity index is 842. The lowest BCUT2D eigenvalue weighted by Crippen LogP contribution is -2.43. The third-order valence-corrected chi connectivity index (χ3v) is 5.55. The van der Waals surface area contributed by atoms with Gasteiger partial charge in [-0.25, -0.2) is 0 Å². The fourth-order valence-corrected chi connectivity index (χ4v) is 4.20. The van der Waals surface area contributed by atoms with Crippen LogP contribution in [0.2, 0.25) is 0 Å². The van der Waals surface area contributed by atoms with Crippen LogP contribution in [0.5, 0.6) is 11.5 Å². The number of ether oxygens (including phenoxy) is 3. The average Bonchev–Trinajstić information content (AvgIpc) is 3.35. The molecule has 2 aliphatic rings. The fraction of sp³-hybridized carbons (Fsp3) is 0.364. The summed E-state index contributed by atoms with van der Waals surface area (Å²) in [6, 6.07) is 14.3. The summed E-state index contributed by atoms with van der Waals surface area (Å²) in [5.41, 5.74) is 1.26. The Hall–Kier alpha value is -3.06. The molecule has 7 nitrogen and oxygen atoms in total. The standard InChI is InChI=1S/C22H24N2O5/c1-27-15-7-3-5-13(11-15)23-21(25)19-17-9-10-18(29-17)20(19)22(26)24-14-6-4-8-16(12-14)28-2/h3-8,11-12,17-20H,9-10H2,1-2H3,(H,23,25)(H,24,26). The summed E-state index contributed by atoms with van der Waals surface area (Å²) in [6.07, 6.45) is 1.08. The van der Waals surface area contributed by atoms with E-state index in [0.717, 1.165) is 12.8 Å². The molecule has 7 heteroatoms. The number of benzene rings is 2. The molecule has 2 aliphatic heterocycles. The van der Waals surface area contributed by atoms with Crippen LogP contribution in [0.1, 0.15) is 12.8 Å². The van der Waals surface area contributed by atoms with Crippen LogP contribution in [0.4, 0.5) is 11.4 Å². The number of hydrogen-bond acceptors (Lipinski definition) is 5. The van der Waals surface area contributed by atoms with Gasteiger partial charge in [0, 0.05) is 23.5 Å². The summed E-state index contributed by atoms with van der Waals surface area (Å²) < 4.78 is 16.3. The highest BCUT2D eigenvalue weighted by atomic mass is 16.5. The highest BCUT2D eigenvalue weighted by Crippen LogP contribution is 2.44. The van der Waals surface area contributed by atoms with Crippen LogP contribution in [0.3, 0.4) is 0 Å². The van der Waals surface area contributed by atoms with E-state index in [0.29, 0.717) is 22.9 Å². The minimum absolute atomic E-state index is 0.212. The van der Waals surface area contributed by atoms with Crippen molar-refractivity contribution in [2.75, 3.05) is 24.9 Å². The monoisotopic (exact) mass is 396 g/mol. The molecule has 4 atom stereocenters. The number of rotatable bonds is 6. The Balaban J connectivity index is 1.50. The smallest absolute Gasteiger partial charge is 0.231 e. The van der Waals surface area contributed by atoms with Gasteiger partial charge < -0.3 is 24.8 Å². The molecular formula is C22H24N2O5. The lowest BCUT2D eigenvalue weighted by Gasteiger charge is -2.26. The molecule has 2 amide bonds. The van der Waals surface area contributed by atoms with Gasteiger partial charge in [-0.1, -0.05) is 12.1 Å². The average molecular weight is 396 g/mol. The normalized spacial score (nSPS) is 24.8. The summed E-state index contributed by atoms with van der Waals surface area (Å²) in [6.45, 7) is 0. The van der Waals surface area contributed by atoms with Crippen LogP contribution >= 0.6 is 0 Å². The van der Waals surface area contributed by atoms with Gasteiger partial charge in [0.05, 0.1) is 38.3 Å². The molecule has 0 saturated carbocycles. The maximum Gasteiger partial charge on any atom is 0.231 e. The number of carbonyl (C=O) groups excluding carboxylic acids is 2. The molecule has 2 aromatic carbocycles. The molecule has 2 bridgehead atoms. The molecular weight excluding hydrogens is 372 g/mol. The molecule has 0 radical (unpaired) electrons. The Morgan fingerprint density at radius 1 is 0.828 bits per heavy atom. The predicted octanol–water partition coefficient (Wildman–Crippen LogP) is 3.07. The van der Waals surface area contributed by atoms with Crippen molar-refractivity contribution >= 4 is 23.2 Å². The molecule has 2 heterocycles. The van der Waals surface area contributed by atoms with Crippen LogP contribution in [-0.2, 0) is 14.3 Å². The van der Waals surface area contributed by atoms with E-state index in [-0.39, 0.29) is 24.0 Å². The van der Waals surface area contributed by atoms with Crippen molar-refractivity contribution in [2.45, 2.75) is 25.0 Å². The van der Waals surface area contributed by atoms with Crippen LogP contribution in [0.15, 0.2) is 48.5 Å². The van der Waals surface area contributed by atoms with Crippen LogP contribution < -0.4 is 20.1 Å². The molecule has 2 fully saturated rings. The van der Waals surface area contributed by atoms with Crippen molar-refractivity contribution in [3.05, 3.63) is 48.5 Å². The molecule has 0 aromatic heterocycles. The Morgan fingerprint density at radius 3 is 1.69 bits per heavy atom. The fourth-order valence-electron chi connectivity index (χ4n) is 4.20. The lowest BCUT2D eigenvalue weighted by molar-refractivity contribution is -0.129. The Kier molecular flexibility index (Phi) is 5.40. The van der Waals surface area contributed by atoms with E-state index in [1.54, 1.807) is 62.8 Å². The SMILES string of the molecule is COc1cccc(NC(=O)C2C3CCC(O3)C2C(=O)Nc2cccc(OC)c2)c1. The van der Waals surface area contributed by atoms with Crippen molar-refractivity contribution in [3.8, 4) is 11.5 Å². The molecule has 2 N–H and O–H groups in total. The van der Waals surface area contributed by atoms with Gasteiger partial charge in [0.15, 0.2) is 0 Å². The quantitative estimate of drug-likeness (QED) is 0.784. The first kappa shape index (κ1) is 19.3. The third kappa shape index (κ3) is 3.91. The predicted molar refractivity (Wildman–Crippen MR) is 108 cm³/mol. The number of amides is 2. The topological polar surface area (TPSA) is 85.9 Å². The van der Waals surface area contributed by atoms with Gasteiger partial charge in [-0.3, -0.25) is 9.59 Å². The third-order valence-electron chi connectivity index (χ3n) is 5.55. The number of methoxy groups -OCH3 is 2. The molecule has 2 aromatic rings. The zero-order chi connectivity index (χ0) is 20.4. The van der Waals surface area contributed by atoms with E-state index in [1.165, 1.54) is 0 Å². The van der Waals surface area contributed by atoms with Crippen molar-refractivity contribution in [1.29, 1.82) is 0 Å². The number of hydrogen-bond donors (Lipinski definition) is 2. The molecule has 0 spiro atoms. The lowest BCUT2D eigenvalue weighted by atomic mass is 9.78. The molecule has 4 unspecified atom stereocenters. The summed E-state index contributed by atoms with van der Waals surface area (Å²) in [7, 11) is 3.15. The van der Waals surface area contributed by atoms with E-state index in [9.17, 15) is 9.59 Å². The van der Waals surface area contributed by atoms with Crippen LogP contribution in [0, 0.1) is 11.8 Å². The largest absolute Gasteiger partial charge is 0.497 e. The highest BCUT2D eigenvalue weighted by Gasteiger charge is 2.55. The number of fused-ring (bicyclic) bond motifs is 2. The van der Waals surface area contributed by atoms with Crippen molar-refractivity contribution in [2.24, 2.45) is 11.8 Å². The van der Waals surface area contributed by atoms with Gasteiger partial charge in [-0.15, -0.1) is 0 Å². The summed E-state index contributed by atoms with van der Waals surface area (Å²) in [4.78, 5) is 26.1. The minimum Gasteiger partial charge on any atom is -0.497 e. The van der Waals surface area contributed by atoms with Gasteiger partial charge in [-0.05, 0) is 37.1 Å². The van der Waals surface area contributed by atoms with Gasteiger partial charge in [0.1, 0.15) is 11.5 Å². The maximum atomic E-state index is 13.0. The highest BCUT2D eigenvalue weighted by molar-refractivity contribution is 6.01. The molecule has 29 heavy (non-hydrogen) atoms. The maximum absolute atomic E-state index is 13.0. The van der Waals surface area contributed by atoms with E-state index in [4.69, 9.17) is 14.2 Å². The van der Waals surface area contributed by atoms with Crippen LogP contribution in [-0.4, -0.2) is 38.2 Å². The van der Waals surface area contributed by atoms with Gasteiger partial charge in [0.2, 0.25) is 11.8 Å². The van der Waals surface area contributed by atoms with Crippen molar-refractivity contribution in [3.63, 3.8) is 0 Å². The van der Waals surface area contributed by atoms with Gasteiger partial charge in [-0.2, -0.15) is 0 Å². The van der Waals surface area contributed by atoms with Gasteiger partial charge in [0.25, 0.3) is 0 Å². The Morgan fingerprint density at radius 2 is 1.28 bits per heavy atom. The molecule has 0 aliphatic carbocycles. The molecule has 4 rings (SSSR count). The first-order valence-electron chi connectivity index (χ1n) is 9.64. The zero-order valence-electron chi connectivity index (χ0n) is 16.4. The summed E-state index contributed by atoms with van der Waals surface area (Å²) in [5.74, 6) is -0.192. The Labute approximate surface area is 169 Å². The molecule has 2 saturated heterocycles. The van der Waals surface area contributed by atoms with E-state index in [2.05, 4.69) is 10.6 Å². The number of anilines is 2. The zero-order valence-corrected chi connectivity index (χ0v) is 16.4. The van der Waals surface area contributed by atoms with E-state index >= 15 is 0 Å². The summed E-state index contributed by atoms with van der Waals surface area (Å²) in [5, 5.41) is 5.82. The minimum atomic E-state index is -0.537. The van der Waals surface area contributed by atoms with Crippen molar-refractivity contribution in [1.82, 2.24) is 0 Å². The van der Waals surface area contributed by atoms with E-state index < -0.39 is 11.8 Å². The second kappa shape index (κ2) is 8.13. The number of nitrogens with one attached hydrogen (secondary N) is 2.